The van der Waals surface area contributed by atoms with Crippen LogP contribution in [0.2, 0.25) is 0 Å². The molecule has 0 unspecified atom stereocenters. The summed E-state index contributed by atoms with van der Waals surface area (Å²) < 4.78 is 9.73. The lowest BCUT2D eigenvalue weighted by Crippen LogP contribution is -2.26. The molecule has 1 N–H and O–H groups in total. The number of rotatable bonds is 5. The van der Waals surface area contributed by atoms with Crippen LogP contribution in [0.3, 0.4) is 0 Å². The lowest BCUT2D eigenvalue weighted by atomic mass is 10.3. The van der Waals surface area contributed by atoms with Gasteiger partial charge in [-0.2, -0.15) is 0 Å². The average molecular weight is 368 g/mol. The quantitative estimate of drug-likeness (QED) is 0.693. The maximum Gasteiger partial charge on any atom is 0.355 e. The van der Waals surface area contributed by atoms with Gasteiger partial charge in [-0.3, -0.25) is 14.3 Å². The molecule has 140 valence electrons. The lowest BCUT2D eigenvalue weighted by molar-refractivity contribution is -0.119. The van der Waals surface area contributed by atoms with E-state index in [0.29, 0.717) is 17.1 Å². The number of aromatic nitrogens is 3. The molecular formula is C19H20N4O4. The molecule has 3 aromatic rings. The number of nitrogens with zero attached hydrogens (tertiary/aromatic N) is 3. The Labute approximate surface area is 155 Å². The molecule has 0 saturated heterocycles. The Kier molecular flexibility index (Phi) is 4.98. The van der Waals surface area contributed by atoms with E-state index in [0.717, 1.165) is 0 Å². The molecule has 1 amide bonds. The van der Waals surface area contributed by atoms with Crippen LogP contribution in [0.15, 0.2) is 53.5 Å². The molecule has 0 aliphatic carbocycles. The molecule has 0 aliphatic heterocycles. The number of carbonyl (C=O) groups excluding carboxylic acids is 2. The molecule has 0 bridgehead atoms. The minimum absolute atomic E-state index is 0.154. The number of hydrogen-bond acceptors (Lipinski definition) is 4. The van der Waals surface area contributed by atoms with Gasteiger partial charge < -0.3 is 14.6 Å². The van der Waals surface area contributed by atoms with Crippen molar-refractivity contribution >= 4 is 17.6 Å². The van der Waals surface area contributed by atoms with Gasteiger partial charge in [0.15, 0.2) is 6.61 Å². The second-order valence-electron chi connectivity index (χ2n) is 6.07. The van der Waals surface area contributed by atoms with Crippen molar-refractivity contribution in [1.29, 1.82) is 0 Å². The summed E-state index contributed by atoms with van der Waals surface area (Å²) in [7, 11) is 3.44. The van der Waals surface area contributed by atoms with Gasteiger partial charge in [0.2, 0.25) is 0 Å². The summed E-state index contributed by atoms with van der Waals surface area (Å²) in [6, 6.07) is 12.4. The van der Waals surface area contributed by atoms with E-state index in [2.05, 4.69) is 5.32 Å². The van der Waals surface area contributed by atoms with E-state index in [1.807, 2.05) is 18.2 Å². The van der Waals surface area contributed by atoms with Gasteiger partial charge in [-0.05, 0) is 31.2 Å². The van der Waals surface area contributed by atoms with E-state index >= 15 is 0 Å². The molecule has 27 heavy (non-hydrogen) atoms. The topological polar surface area (TPSA) is 87.3 Å². The average Bonchev–Trinajstić information content (AvgIpc) is 3.18. The van der Waals surface area contributed by atoms with Gasteiger partial charge in [0, 0.05) is 20.3 Å². The predicted octanol–water partition coefficient (Wildman–Crippen LogP) is 1.62. The van der Waals surface area contributed by atoms with Crippen molar-refractivity contribution in [3.63, 3.8) is 0 Å². The maximum atomic E-state index is 12.7. The van der Waals surface area contributed by atoms with E-state index in [1.165, 1.54) is 4.68 Å². The Morgan fingerprint density at radius 1 is 1.07 bits per heavy atom. The molecular weight excluding hydrogens is 348 g/mol. The number of hydrogen-bond donors (Lipinski definition) is 1. The summed E-state index contributed by atoms with van der Waals surface area (Å²) in [5.41, 5.74) is 1.41. The summed E-state index contributed by atoms with van der Waals surface area (Å²) in [5, 5.41) is 2.55. The Bertz CT molecular complexity index is 1040. The summed E-state index contributed by atoms with van der Waals surface area (Å²) in [5.74, 6) is -1.19. The summed E-state index contributed by atoms with van der Waals surface area (Å²) in [6.07, 6.45) is 1.70. The first kappa shape index (κ1) is 18.2. The summed E-state index contributed by atoms with van der Waals surface area (Å²) in [4.78, 5) is 36.9. The second kappa shape index (κ2) is 7.36. The monoisotopic (exact) mass is 368 g/mol. The van der Waals surface area contributed by atoms with Crippen LogP contribution in [-0.4, -0.2) is 32.4 Å². The van der Waals surface area contributed by atoms with Gasteiger partial charge >= 0.3 is 5.97 Å². The lowest BCUT2D eigenvalue weighted by Gasteiger charge is -2.07. The first-order chi connectivity index (χ1) is 12.9. The number of ether oxygens (including phenoxy) is 1. The highest BCUT2D eigenvalue weighted by molar-refractivity contribution is 5.95. The van der Waals surface area contributed by atoms with Crippen LogP contribution in [0.1, 0.15) is 16.2 Å². The molecule has 0 fully saturated rings. The normalized spacial score (nSPS) is 10.6. The predicted molar refractivity (Wildman–Crippen MR) is 100 cm³/mol. The van der Waals surface area contributed by atoms with Crippen LogP contribution >= 0.6 is 0 Å². The van der Waals surface area contributed by atoms with E-state index in [-0.39, 0.29) is 11.2 Å². The van der Waals surface area contributed by atoms with E-state index in [1.54, 1.807) is 60.7 Å². The SMILES string of the molecule is Cc1c(NC(=O)COC(=O)c2cccn2C)c(=O)n(-c2ccccc2)n1C. The number of benzene rings is 1. The zero-order chi connectivity index (χ0) is 19.6. The van der Waals surface area contributed by atoms with Gasteiger partial charge in [-0.15, -0.1) is 0 Å². The molecule has 1 aromatic carbocycles. The van der Waals surface area contributed by atoms with E-state index < -0.39 is 18.5 Å². The number of anilines is 1. The van der Waals surface area contributed by atoms with Crippen molar-refractivity contribution in [1.82, 2.24) is 13.9 Å². The third kappa shape index (κ3) is 3.55. The van der Waals surface area contributed by atoms with E-state index in [4.69, 9.17) is 4.74 Å². The highest BCUT2D eigenvalue weighted by atomic mass is 16.5. The molecule has 2 aromatic heterocycles. The molecule has 3 rings (SSSR count). The number of para-hydroxylation sites is 1. The number of amides is 1. The Balaban J connectivity index is 1.74. The first-order valence-electron chi connectivity index (χ1n) is 8.32. The third-order valence-corrected chi connectivity index (χ3v) is 4.31. The molecule has 8 nitrogen and oxygen atoms in total. The van der Waals surface area contributed by atoms with Crippen LogP contribution in [-0.2, 0) is 23.6 Å². The fourth-order valence-corrected chi connectivity index (χ4v) is 2.77. The molecule has 8 heteroatoms. The van der Waals surface area contributed by atoms with Crippen molar-refractivity contribution in [3.8, 4) is 5.69 Å². The van der Waals surface area contributed by atoms with E-state index in [9.17, 15) is 14.4 Å². The molecule has 0 atom stereocenters. The highest BCUT2D eigenvalue weighted by Crippen LogP contribution is 2.14. The molecule has 0 spiro atoms. The second-order valence-corrected chi connectivity index (χ2v) is 6.07. The Hall–Kier alpha value is -3.55. The third-order valence-electron chi connectivity index (χ3n) is 4.31. The Morgan fingerprint density at radius 2 is 1.78 bits per heavy atom. The molecule has 0 radical (unpaired) electrons. The maximum absolute atomic E-state index is 12.7. The van der Waals surface area contributed by atoms with Crippen LogP contribution in [0.25, 0.3) is 5.69 Å². The minimum Gasteiger partial charge on any atom is -0.451 e. The van der Waals surface area contributed by atoms with Crippen molar-refractivity contribution in [2.24, 2.45) is 14.1 Å². The van der Waals surface area contributed by atoms with Crippen molar-refractivity contribution in [3.05, 3.63) is 70.4 Å². The number of aryl methyl sites for hydroxylation is 1. The highest BCUT2D eigenvalue weighted by Gasteiger charge is 2.19. The van der Waals surface area contributed by atoms with Gasteiger partial charge in [-0.25, -0.2) is 9.48 Å². The molecule has 0 saturated carbocycles. The molecule has 2 heterocycles. The standard InChI is InChI=1S/C19H20N4O4/c1-13-17(18(25)23(22(13)3)14-8-5-4-6-9-14)20-16(24)12-27-19(26)15-10-7-11-21(15)2/h4-11H,12H2,1-3H3,(H,20,24). The van der Waals surface area contributed by atoms with Crippen molar-refractivity contribution < 1.29 is 14.3 Å². The van der Waals surface area contributed by atoms with Gasteiger partial charge in [0.25, 0.3) is 11.5 Å². The molecule has 0 aliphatic rings. The van der Waals surface area contributed by atoms with Crippen LogP contribution in [0, 0.1) is 6.92 Å². The van der Waals surface area contributed by atoms with Crippen molar-refractivity contribution in [2.45, 2.75) is 6.92 Å². The zero-order valence-corrected chi connectivity index (χ0v) is 15.3. The van der Waals surface area contributed by atoms with Gasteiger partial charge in [-0.1, -0.05) is 18.2 Å². The largest absolute Gasteiger partial charge is 0.451 e. The fraction of sp³-hybridized carbons (Fsp3) is 0.211. The fourth-order valence-electron chi connectivity index (χ4n) is 2.77. The number of nitrogens with one attached hydrogen (secondary N) is 1. The van der Waals surface area contributed by atoms with Crippen LogP contribution in [0.4, 0.5) is 5.69 Å². The Morgan fingerprint density at radius 3 is 2.41 bits per heavy atom. The van der Waals surface area contributed by atoms with Crippen LogP contribution < -0.4 is 10.9 Å². The van der Waals surface area contributed by atoms with Gasteiger partial charge in [0.05, 0.1) is 11.4 Å². The summed E-state index contributed by atoms with van der Waals surface area (Å²) >= 11 is 0. The smallest absolute Gasteiger partial charge is 0.355 e. The zero-order valence-electron chi connectivity index (χ0n) is 15.3. The van der Waals surface area contributed by atoms with Gasteiger partial charge in [0.1, 0.15) is 11.4 Å². The minimum atomic E-state index is -0.607. The van der Waals surface area contributed by atoms with Crippen LogP contribution in [0.5, 0.6) is 0 Å². The number of esters is 1. The van der Waals surface area contributed by atoms with Crippen molar-refractivity contribution in [2.75, 3.05) is 11.9 Å². The first-order valence-corrected chi connectivity index (χ1v) is 8.32. The number of carbonyl (C=O) groups is 2. The summed E-state index contributed by atoms with van der Waals surface area (Å²) in [6.45, 7) is 1.25.